The lowest BCUT2D eigenvalue weighted by atomic mass is 10.1. The third-order valence-electron chi connectivity index (χ3n) is 2.10. The molecule has 0 heterocycles. The Morgan fingerprint density at radius 2 is 2.00 bits per heavy atom. The zero-order valence-electron chi connectivity index (χ0n) is 8.36. The first-order valence-corrected chi connectivity index (χ1v) is 4.55. The van der Waals surface area contributed by atoms with Crippen molar-refractivity contribution in [1.82, 2.24) is 0 Å². The Labute approximate surface area is 83.3 Å². The molecule has 0 aliphatic rings. The Hall–Kier alpha value is -1.35. The van der Waals surface area contributed by atoms with Crippen molar-refractivity contribution in [2.45, 2.75) is 19.4 Å². The van der Waals surface area contributed by atoms with Crippen LogP contribution in [0.15, 0.2) is 24.3 Å². The topological polar surface area (TPSA) is 46.5 Å². The number of carbonyl (C=O) groups is 1. The minimum Gasteiger partial charge on any atom is -0.465 e. The number of methoxy groups -OCH3 is 1. The summed E-state index contributed by atoms with van der Waals surface area (Å²) in [5, 5.41) is 9.50. The van der Waals surface area contributed by atoms with Gasteiger partial charge in [-0.15, -0.1) is 0 Å². The highest BCUT2D eigenvalue weighted by atomic mass is 16.5. The highest BCUT2D eigenvalue weighted by molar-refractivity contribution is 5.89. The third-order valence-corrected chi connectivity index (χ3v) is 2.10. The van der Waals surface area contributed by atoms with Gasteiger partial charge in [0.05, 0.1) is 18.8 Å². The lowest BCUT2D eigenvalue weighted by Crippen LogP contribution is -2.02. The van der Waals surface area contributed by atoms with E-state index in [1.807, 2.05) is 6.92 Å². The van der Waals surface area contributed by atoms with Gasteiger partial charge >= 0.3 is 5.97 Å². The fraction of sp³-hybridized carbons (Fsp3) is 0.364. The second-order valence-electron chi connectivity index (χ2n) is 3.04. The van der Waals surface area contributed by atoms with E-state index in [4.69, 9.17) is 0 Å². The van der Waals surface area contributed by atoms with Gasteiger partial charge in [-0.25, -0.2) is 4.79 Å². The van der Waals surface area contributed by atoms with Gasteiger partial charge in [0.25, 0.3) is 0 Å². The first kappa shape index (κ1) is 10.7. The summed E-state index contributed by atoms with van der Waals surface area (Å²) in [6.07, 6.45) is 0.207. The van der Waals surface area contributed by atoms with E-state index in [0.717, 1.165) is 5.56 Å². The molecule has 3 heteroatoms. The number of aliphatic hydroxyl groups is 1. The van der Waals surface area contributed by atoms with Crippen LogP contribution in [0, 0.1) is 0 Å². The number of aliphatic hydroxyl groups excluding tert-OH is 1. The Kier molecular flexibility index (Phi) is 3.65. The third kappa shape index (κ3) is 2.33. The van der Waals surface area contributed by atoms with Crippen LogP contribution in [0.1, 0.15) is 35.4 Å². The van der Waals surface area contributed by atoms with Gasteiger partial charge in [0.2, 0.25) is 0 Å². The molecule has 0 spiro atoms. The largest absolute Gasteiger partial charge is 0.465 e. The number of rotatable bonds is 3. The van der Waals surface area contributed by atoms with Crippen LogP contribution in [0.4, 0.5) is 0 Å². The van der Waals surface area contributed by atoms with E-state index in [1.165, 1.54) is 7.11 Å². The van der Waals surface area contributed by atoms with Gasteiger partial charge in [0.15, 0.2) is 0 Å². The number of ether oxygens (including phenoxy) is 1. The average Bonchev–Trinajstić information content (AvgIpc) is 2.27. The zero-order valence-corrected chi connectivity index (χ0v) is 8.36. The summed E-state index contributed by atoms with van der Waals surface area (Å²) in [5.74, 6) is -0.359. The van der Waals surface area contributed by atoms with Crippen molar-refractivity contribution in [1.29, 1.82) is 0 Å². The van der Waals surface area contributed by atoms with Crippen LogP contribution in [0.3, 0.4) is 0 Å². The molecular weight excluding hydrogens is 180 g/mol. The maximum Gasteiger partial charge on any atom is 0.337 e. The van der Waals surface area contributed by atoms with E-state index in [2.05, 4.69) is 4.74 Å². The lowest BCUT2D eigenvalue weighted by Gasteiger charge is -2.07. The van der Waals surface area contributed by atoms with E-state index in [0.29, 0.717) is 12.0 Å². The number of carbonyl (C=O) groups excluding carboxylic acids is 1. The molecule has 0 aliphatic carbocycles. The summed E-state index contributed by atoms with van der Waals surface area (Å²) in [6.45, 7) is 1.90. The van der Waals surface area contributed by atoms with Crippen molar-refractivity contribution in [3.8, 4) is 0 Å². The highest BCUT2D eigenvalue weighted by Gasteiger charge is 2.07. The summed E-state index contributed by atoms with van der Waals surface area (Å²) in [6, 6.07) is 6.78. The molecule has 0 unspecified atom stereocenters. The Balaban J connectivity index is 2.83. The van der Waals surface area contributed by atoms with Gasteiger partial charge in [0.1, 0.15) is 0 Å². The quantitative estimate of drug-likeness (QED) is 0.748. The first-order valence-electron chi connectivity index (χ1n) is 4.55. The molecule has 1 aromatic carbocycles. The SMILES string of the molecule is CC[C@H](O)c1ccc(C(=O)OC)cc1. The van der Waals surface area contributed by atoms with E-state index < -0.39 is 6.10 Å². The van der Waals surface area contributed by atoms with Gasteiger partial charge in [0, 0.05) is 0 Å². The van der Waals surface area contributed by atoms with Crippen LogP contribution < -0.4 is 0 Å². The molecule has 1 atom stereocenters. The minimum atomic E-state index is -0.457. The van der Waals surface area contributed by atoms with Crippen molar-refractivity contribution < 1.29 is 14.6 Å². The maximum absolute atomic E-state index is 11.1. The molecule has 0 saturated carbocycles. The zero-order chi connectivity index (χ0) is 10.6. The van der Waals surface area contributed by atoms with Crippen LogP contribution in [-0.2, 0) is 4.74 Å². The molecule has 0 aliphatic heterocycles. The Bertz CT molecular complexity index is 303. The summed E-state index contributed by atoms with van der Waals surface area (Å²) in [7, 11) is 1.34. The molecule has 0 bridgehead atoms. The van der Waals surface area contributed by atoms with Crippen molar-refractivity contribution >= 4 is 5.97 Å². The smallest absolute Gasteiger partial charge is 0.337 e. The van der Waals surface area contributed by atoms with Crippen molar-refractivity contribution in [3.63, 3.8) is 0 Å². The second kappa shape index (κ2) is 4.77. The standard InChI is InChI=1S/C11H14O3/c1-3-10(12)8-4-6-9(7-5-8)11(13)14-2/h4-7,10,12H,3H2,1-2H3/t10-/m0/s1. The van der Waals surface area contributed by atoms with Gasteiger partial charge < -0.3 is 9.84 Å². The predicted molar refractivity (Wildman–Crippen MR) is 53.0 cm³/mol. The molecule has 0 radical (unpaired) electrons. The normalized spacial score (nSPS) is 12.2. The van der Waals surface area contributed by atoms with Crippen molar-refractivity contribution in [2.24, 2.45) is 0 Å². The van der Waals surface area contributed by atoms with Crippen molar-refractivity contribution in [2.75, 3.05) is 7.11 Å². The molecule has 1 N–H and O–H groups in total. The summed E-state index contributed by atoms with van der Waals surface area (Å²) >= 11 is 0. The van der Waals surface area contributed by atoms with Crippen LogP contribution in [-0.4, -0.2) is 18.2 Å². The number of hydrogen-bond acceptors (Lipinski definition) is 3. The van der Waals surface area contributed by atoms with Crippen LogP contribution in [0.25, 0.3) is 0 Å². The number of benzene rings is 1. The van der Waals surface area contributed by atoms with Crippen LogP contribution in [0.2, 0.25) is 0 Å². The number of hydrogen-bond donors (Lipinski definition) is 1. The Morgan fingerprint density at radius 3 is 2.43 bits per heavy atom. The first-order chi connectivity index (χ1) is 6.69. The fourth-order valence-electron chi connectivity index (χ4n) is 1.19. The molecule has 14 heavy (non-hydrogen) atoms. The van der Waals surface area contributed by atoms with Gasteiger partial charge in [-0.3, -0.25) is 0 Å². The molecular formula is C11H14O3. The summed E-state index contributed by atoms with van der Waals surface area (Å²) < 4.78 is 4.56. The van der Waals surface area contributed by atoms with E-state index in [9.17, 15) is 9.90 Å². The van der Waals surface area contributed by atoms with Gasteiger partial charge in [-0.1, -0.05) is 19.1 Å². The second-order valence-corrected chi connectivity index (χ2v) is 3.04. The molecule has 1 aromatic rings. The fourth-order valence-corrected chi connectivity index (χ4v) is 1.19. The van der Waals surface area contributed by atoms with E-state index in [1.54, 1.807) is 24.3 Å². The molecule has 76 valence electrons. The average molecular weight is 194 g/mol. The van der Waals surface area contributed by atoms with E-state index in [-0.39, 0.29) is 5.97 Å². The van der Waals surface area contributed by atoms with Crippen LogP contribution >= 0.6 is 0 Å². The van der Waals surface area contributed by atoms with Gasteiger partial charge in [-0.2, -0.15) is 0 Å². The van der Waals surface area contributed by atoms with Crippen LogP contribution in [0.5, 0.6) is 0 Å². The van der Waals surface area contributed by atoms with Crippen molar-refractivity contribution in [3.05, 3.63) is 35.4 Å². The molecule has 3 nitrogen and oxygen atoms in total. The maximum atomic E-state index is 11.1. The van der Waals surface area contributed by atoms with E-state index >= 15 is 0 Å². The monoisotopic (exact) mass is 194 g/mol. The molecule has 0 aromatic heterocycles. The lowest BCUT2D eigenvalue weighted by molar-refractivity contribution is 0.0600. The highest BCUT2D eigenvalue weighted by Crippen LogP contribution is 2.16. The molecule has 0 fully saturated rings. The van der Waals surface area contributed by atoms with Gasteiger partial charge in [-0.05, 0) is 24.1 Å². The number of esters is 1. The minimum absolute atomic E-state index is 0.359. The Morgan fingerprint density at radius 1 is 1.43 bits per heavy atom. The summed E-state index contributed by atoms with van der Waals surface area (Å²) in [4.78, 5) is 11.1. The molecule has 0 amide bonds. The predicted octanol–water partition coefficient (Wildman–Crippen LogP) is 1.92. The molecule has 0 saturated heterocycles. The summed E-state index contributed by atoms with van der Waals surface area (Å²) in [5.41, 5.74) is 1.32. The molecule has 1 rings (SSSR count).